The topological polar surface area (TPSA) is 59.8 Å². The van der Waals surface area contributed by atoms with Gasteiger partial charge in [-0.2, -0.15) is 0 Å². The molecule has 1 aromatic heterocycles. The van der Waals surface area contributed by atoms with Gasteiger partial charge < -0.3 is 10.2 Å². The van der Waals surface area contributed by atoms with Crippen LogP contribution in [0.1, 0.15) is 23.4 Å². The summed E-state index contributed by atoms with van der Waals surface area (Å²) in [6, 6.07) is 11.8. The first-order valence-electron chi connectivity index (χ1n) is 9.02. The van der Waals surface area contributed by atoms with Crippen LogP contribution in [-0.4, -0.2) is 57.3 Å². The van der Waals surface area contributed by atoms with Gasteiger partial charge in [-0.05, 0) is 43.2 Å². The van der Waals surface area contributed by atoms with Gasteiger partial charge in [0.15, 0.2) is 0 Å². The molecule has 1 saturated heterocycles. The number of hydrogen-bond donors (Lipinski definition) is 2. The quantitative estimate of drug-likeness (QED) is 0.813. The number of halogens is 1. The first-order valence-corrected chi connectivity index (χ1v) is 9.40. The van der Waals surface area contributed by atoms with Crippen LogP contribution < -0.4 is 0 Å². The molecule has 26 heavy (non-hydrogen) atoms. The Hall–Kier alpha value is -1.66. The number of aliphatic hydroxyl groups is 1. The Bertz CT molecular complexity index is 741. The molecule has 2 aromatic rings. The number of aromatic hydroxyl groups is 1. The third kappa shape index (κ3) is 4.95. The lowest BCUT2D eigenvalue weighted by atomic mass is 10.1. The zero-order valence-corrected chi connectivity index (χ0v) is 15.9. The molecule has 140 valence electrons. The summed E-state index contributed by atoms with van der Waals surface area (Å²) in [6.45, 7) is 6.57. The maximum Gasteiger partial charge on any atom is 0.134 e. The maximum atomic E-state index is 9.57. The molecule has 0 unspecified atom stereocenters. The highest BCUT2D eigenvalue weighted by Crippen LogP contribution is 2.25. The summed E-state index contributed by atoms with van der Waals surface area (Å²) in [5.41, 5.74) is 3.19. The van der Waals surface area contributed by atoms with Crippen LogP contribution >= 0.6 is 11.6 Å². The van der Waals surface area contributed by atoms with E-state index in [0.717, 1.165) is 56.1 Å². The van der Waals surface area contributed by atoms with Crippen LogP contribution in [0.2, 0.25) is 5.02 Å². The molecule has 1 atom stereocenters. The molecule has 1 aliphatic rings. The molecule has 2 heterocycles. The van der Waals surface area contributed by atoms with E-state index >= 15 is 0 Å². The number of aliphatic hydroxyl groups excluding tert-OH is 1. The minimum atomic E-state index is 0.115. The van der Waals surface area contributed by atoms with Gasteiger partial charge in [-0.15, -0.1) is 0 Å². The Balaban J connectivity index is 1.64. The number of aromatic nitrogens is 1. The third-order valence-corrected chi connectivity index (χ3v) is 5.18. The minimum absolute atomic E-state index is 0.115. The van der Waals surface area contributed by atoms with Crippen LogP contribution in [0.15, 0.2) is 36.4 Å². The Morgan fingerprint density at radius 2 is 2.04 bits per heavy atom. The zero-order valence-electron chi connectivity index (χ0n) is 15.1. The van der Waals surface area contributed by atoms with Crippen molar-refractivity contribution < 1.29 is 10.2 Å². The van der Waals surface area contributed by atoms with Crippen molar-refractivity contribution in [3.05, 3.63) is 58.4 Å². The summed E-state index contributed by atoms with van der Waals surface area (Å²) in [4.78, 5) is 9.40. The van der Waals surface area contributed by atoms with Crippen molar-refractivity contribution in [2.75, 3.05) is 26.2 Å². The number of piperazine rings is 1. The number of phenols is 1. The number of aryl methyl sites for hydroxylation is 1. The van der Waals surface area contributed by atoms with Crippen molar-refractivity contribution in [3.63, 3.8) is 0 Å². The number of phenolic OH excluding ortho intramolecular Hbond substituents is 1. The lowest BCUT2D eigenvalue weighted by Crippen LogP contribution is -2.52. The highest BCUT2D eigenvalue weighted by Gasteiger charge is 2.27. The van der Waals surface area contributed by atoms with Crippen LogP contribution in [0.4, 0.5) is 0 Å². The second kappa shape index (κ2) is 8.82. The molecular formula is C20H26ClN3O2. The summed E-state index contributed by atoms with van der Waals surface area (Å²) in [6.07, 6.45) is 0.749. The average molecular weight is 376 g/mol. The molecule has 3 rings (SSSR count). The smallest absolute Gasteiger partial charge is 0.134 e. The summed E-state index contributed by atoms with van der Waals surface area (Å²) >= 11 is 6.02. The maximum absolute atomic E-state index is 9.57. The van der Waals surface area contributed by atoms with Gasteiger partial charge in [0.2, 0.25) is 0 Å². The minimum Gasteiger partial charge on any atom is -0.506 e. The standard InChI is InChI=1S/C20H26ClN3O2/c1-15-3-2-4-17(22-15)13-24-9-8-23(14-18(24)7-10-25)12-16-5-6-20(26)19(21)11-16/h2-6,11,18,25-26H,7-10,12-14H2,1H3/t18-/m0/s1. The Labute approximate surface area is 159 Å². The van der Waals surface area contributed by atoms with Crippen LogP contribution in [-0.2, 0) is 13.1 Å². The summed E-state index contributed by atoms with van der Waals surface area (Å²) in [7, 11) is 0. The number of hydrogen-bond acceptors (Lipinski definition) is 5. The van der Waals surface area contributed by atoms with E-state index in [9.17, 15) is 10.2 Å². The second-order valence-corrected chi connectivity index (χ2v) is 7.33. The van der Waals surface area contributed by atoms with E-state index in [1.54, 1.807) is 6.07 Å². The van der Waals surface area contributed by atoms with Gasteiger partial charge in [0.05, 0.1) is 10.7 Å². The van der Waals surface area contributed by atoms with Gasteiger partial charge in [0.1, 0.15) is 5.75 Å². The summed E-state index contributed by atoms with van der Waals surface area (Å²) < 4.78 is 0. The monoisotopic (exact) mass is 375 g/mol. The van der Waals surface area contributed by atoms with Crippen molar-refractivity contribution in [3.8, 4) is 5.75 Å². The molecule has 1 fully saturated rings. The summed E-state index contributed by atoms with van der Waals surface area (Å²) in [5.74, 6) is 0.115. The van der Waals surface area contributed by atoms with Crippen molar-refractivity contribution in [2.45, 2.75) is 32.5 Å². The second-order valence-electron chi connectivity index (χ2n) is 6.93. The predicted octanol–water partition coefficient (Wildman–Crippen LogP) is 2.82. The van der Waals surface area contributed by atoms with Gasteiger partial charge in [-0.3, -0.25) is 14.8 Å². The molecule has 0 spiro atoms. The van der Waals surface area contributed by atoms with Crippen molar-refractivity contribution in [1.82, 2.24) is 14.8 Å². The molecule has 1 aliphatic heterocycles. The molecule has 0 aliphatic carbocycles. The average Bonchev–Trinajstić information content (AvgIpc) is 2.61. The molecule has 2 N–H and O–H groups in total. The lowest BCUT2D eigenvalue weighted by molar-refractivity contribution is 0.0491. The lowest BCUT2D eigenvalue weighted by Gasteiger charge is -2.41. The van der Waals surface area contributed by atoms with Gasteiger partial charge >= 0.3 is 0 Å². The largest absolute Gasteiger partial charge is 0.506 e. The van der Waals surface area contributed by atoms with E-state index < -0.39 is 0 Å². The molecule has 0 bridgehead atoms. The fourth-order valence-corrected chi connectivity index (χ4v) is 3.74. The number of nitrogens with zero attached hydrogens (tertiary/aromatic N) is 3. The molecular weight excluding hydrogens is 350 g/mol. The van der Waals surface area contributed by atoms with Crippen molar-refractivity contribution in [2.24, 2.45) is 0 Å². The molecule has 0 saturated carbocycles. The van der Waals surface area contributed by atoms with E-state index in [4.69, 9.17) is 11.6 Å². The van der Waals surface area contributed by atoms with E-state index in [1.165, 1.54) is 0 Å². The number of pyridine rings is 1. The van der Waals surface area contributed by atoms with E-state index in [1.807, 2.05) is 31.2 Å². The van der Waals surface area contributed by atoms with E-state index in [-0.39, 0.29) is 12.4 Å². The van der Waals surface area contributed by atoms with Crippen molar-refractivity contribution >= 4 is 11.6 Å². The molecule has 0 amide bonds. The SMILES string of the molecule is Cc1cccc(CN2CCN(Cc3ccc(O)c(Cl)c3)C[C@@H]2CCO)n1. The normalized spacial score (nSPS) is 19.0. The van der Waals surface area contributed by atoms with Gasteiger partial charge in [-0.1, -0.05) is 23.7 Å². The van der Waals surface area contributed by atoms with Crippen LogP contribution in [0, 0.1) is 6.92 Å². The van der Waals surface area contributed by atoms with E-state index in [0.29, 0.717) is 11.1 Å². The van der Waals surface area contributed by atoms with Gasteiger partial charge in [0.25, 0.3) is 0 Å². The number of rotatable bonds is 6. The summed E-state index contributed by atoms with van der Waals surface area (Å²) in [5, 5.41) is 19.4. The Morgan fingerprint density at radius 1 is 1.19 bits per heavy atom. The van der Waals surface area contributed by atoms with Crippen LogP contribution in [0.5, 0.6) is 5.75 Å². The van der Waals surface area contributed by atoms with Gasteiger partial charge in [-0.25, -0.2) is 0 Å². The fraction of sp³-hybridized carbons (Fsp3) is 0.450. The van der Waals surface area contributed by atoms with Crippen molar-refractivity contribution in [1.29, 1.82) is 0 Å². The Morgan fingerprint density at radius 3 is 2.77 bits per heavy atom. The predicted molar refractivity (Wildman–Crippen MR) is 103 cm³/mol. The first kappa shape index (κ1) is 19.1. The molecule has 6 heteroatoms. The number of benzene rings is 1. The fourth-order valence-electron chi connectivity index (χ4n) is 3.53. The van der Waals surface area contributed by atoms with Gasteiger partial charge in [0, 0.05) is 51.1 Å². The molecule has 5 nitrogen and oxygen atoms in total. The molecule has 0 radical (unpaired) electrons. The first-order chi connectivity index (χ1) is 12.5. The van der Waals surface area contributed by atoms with E-state index in [2.05, 4.69) is 20.9 Å². The zero-order chi connectivity index (χ0) is 18.5. The van der Waals surface area contributed by atoms with Crippen LogP contribution in [0.25, 0.3) is 0 Å². The van der Waals surface area contributed by atoms with Crippen LogP contribution in [0.3, 0.4) is 0 Å². The third-order valence-electron chi connectivity index (χ3n) is 4.88. The highest BCUT2D eigenvalue weighted by molar-refractivity contribution is 6.32. The highest BCUT2D eigenvalue weighted by atomic mass is 35.5. The molecule has 1 aromatic carbocycles. The Kier molecular flexibility index (Phi) is 6.48.